The Morgan fingerprint density at radius 2 is 2.00 bits per heavy atom. The predicted octanol–water partition coefficient (Wildman–Crippen LogP) is 1.96. The van der Waals surface area contributed by atoms with Gasteiger partial charge in [-0.2, -0.15) is 0 Å². The monoisotopic (exact) mass is 290 g/mol. The Balaban J connectivity index is 2.37. The molecule has 2 unspecified atom stereocenters. The molecule has 0 radical (unpaired) electrons. The molecular weight excluding hydrogens is 272 g/mol. The number of aryl methyl sites for hydroxylation is 1. The third-order valence-electron chi connectivity index (χ3n) is 3.59. The molecular formula is C16H18O5. The number of carbonyl (C=O) groups is 1. The van der Waals surface area contributed by atoms with Gasteiger partial charge in [0, 0.05) is 6.42 Å². The van der Waals surface area contributed by atoms with Crippen molar-refractivity contribution in [1.29, 1.82) is 0 Å². The standard InChI is InChI=1S/C16H18O5/c1-10-5-3-4-6-11(10)7-16(20)8-12(17)14(15(18)19)13(9-16)21-2/h3-6,8-9,14,17,20H,7H2,1-2H3,(H,18,19). The van der Waals surface area contributed by atoms with Crippen LogP contribution < -0.4 is 0 Å². The van der Waals surface area contributed by atoms with Crippen molar-refractivity contribution in [1.82, 2.24) is 0 Å². The first kappa shape index (κ1) is 15.1. The van der Waals surface area contributed by atoms with Gasteiger partial charge in [-0.1, -0.05) is 24.3 Å². The zero-order chi connectivity index (χ0) is 15.6. The number of methoxy groups -OCH3 is 1. The molecule has 1 aromatic rings. The second-order valence-corrected chi connectivity index (χ2v) is 5.19. The van der Waals surface area contributed by atoms with E-state index >= 15 is 0 Å². The second kappa shape index (κ2) is 5.61. The van der Waals surface area contributed by atoms with Crippen molar-refractivity contribution in [2.75, 3.05) is 7.11 Å². The molecule has 2 atom stereocenters. The smallest absolute Gasteiger partial charge is 0.321 e. The lowest BCUT2D eigenvalue weighted by molar-refractivity contribution is -0.141. The molecule has 3 N–H and O–H groups in total. The summed E-state index contributed by atoms with van der Waals surface area (Å²) >= 11 is 0. The van der Waals surface area contributed by atoms with E-state index in [4.69, 9.17) is 9.84 Å². The number of aliphatic carboxylic acids is 1. The van der Waals surface area contributed by atoms with Gasteiger partial charge in [0.1, 0.15) is 17.1 Å². The van der Waals surface area contributed by atoms with Gasteiger partial charge in [-0.3, -0.25) is 4.79 Å². The second-order valence-electron chi connectivity index (χ2n) is 5.19. The van der Waals surface area contributed by atoms with Gasteiger partial charge in [0.25, 0.3) is 0 Å². The molecule has 0 saturated heterocycles. The molecule has 0 spiro atoms. The number of carboxylic acids is 1. The molecule has 0 saturated carbocycles. The van der Waals surface area contributed by atoms with Gasteiger partial charge in [0.15, 0.2) is 5.92 Å². The number of carboxylic acid groups (broad SMARTS) is 1. The zero-order valence-corrected chi connectivity index (χ0v) is 11.9. The summed E-state index contributed by atoms with van der Waals surface area (Å²) < 4.78 is 5.02. The van der Waals surface area contributed by atoms with Crippen LogP contribution in [0.3, 0.4) is 0 Å². The summed E-state index contributed by atoms with van der Waals surface area (Å²) in [6, 6.07) is 7.56. The minimum absolute atomic E-state index is 0.0265. The van der Waals surface area contributed by atoms with Gasteiger partial charge in [0.05, 0.1) is 7.11 Å². The minimum atomic E-state index is -1.48. The van der Waals surface area contributed by atoms with E-state index < -0.39 is 23.2 Å². The van der Waals surface area contributed by atoms with Crippen LogP contribution in [-0.4, -0.2) is 34.0 Å². The van der Waals surface area contributed by atoms with Crippen LogP contribution in [0.5, 0.6) is 0 Å². The van der Waals surface area contributed by atoms with E-state index in [0.29, 0.717) is 0 Å². The highest BCUT2D eigenvalue weighted by molar-refractivity contribution is 5.77. The van der Waals surface area contributed by atoms with Crippen LogP contribution in [0.15, 0.2) is 47.9 Å². The molecule has 2 rings (SSSR count). The van der Waals surface area contributed by atoms with Gasteiger partial charge >= 0.3 is 5.97 Å². The van der Waals surface area contributed by atoms with E-state index in [1.165, 1.54) is 19.3 Å². The summed E-state index contributed by atoms with van der Waals surface area (Å²) in [5.74, 6) is -2.89. The summed E-state index contributed by atoms with van der Waals surface area (Å²) in [5.41, 5.74) is 0.434. The van der Waals surface area contributed by atoms with Crippen molar-refractivity contribution in [3.05, 3.63) is 59.1 Å². The van der Waals surface area contributed by atoms with Crippen LogP contribution in [-0.2, 0) is 16.0 Å². The summed E-state index contributed by atoms with van der Waals surface area (Å²) in [7, 11) is 1.31. The van der Waals surface area contributed by atoms with E-state index in [9.17, 15) is 15.0 Å². The molecule has 0 fully saturated rings. The molecule has 1 aliphatic carbocycles. The number of hydrogen-bond acceptors (Lipinski definition) is 4. The largest absolute Gasteiger partial charge is 0.511 e. The van der Waals surface area contributed by atoms with Crippen LogP contribution in [0.25, 0.3) is 0 Å². The summed E-state index contributed by atoms with van der Waals surface area (Å²) in [6.07, 6.45) is 2.74. The third-order valence-corrected chi connectivity index (χ3v) is 3.59. The number of aliphatic hydroxyl groups is 2. The SMILES string of the molecule is COC1=CC(O)(Cc2ccccc2C)C=C(O)C1C(=O)O. The van der Waals surface area contributed by atoms with Crippen molar-refractivity contribution in [2.45, 2.75) is 18.9 Å². The predicted molar refractivity (Wildman–Crippen MR) is 76.8 cm³/mol. The highest BCUT2D eigenvalue weighted by atomic mass is 16.5. The third kappa shape index (κ3) is 3.08. The maximum absolute atomic E-state index is 11.2. The highest BCUT2D eigenvalue weighted by Gasteiger charge is 2.38. The molecule has 1 aliphatic rings. The van der Waals surface area contributed by atoms with Crippen LogP contribution in [0.4, 0.5) is 0 Å². The van der Waals surface area contributed by atoms with Crippen molar-refractivity contribution in [3.63, 3.8) is 0 Å². The number of aliphatic hydroxyl groups excluding tert-OH is 1. The fourth-order valence-electron chi connectivity index (χ4n) is 2.50. The van der Waals surface area contributed by atoms with Crippen LogP contribution in [0.1, 0.15) is 11.1 Å². The zero-order valence-electron chi connectivity index (χ0n) is 11.9. The number of benzene rings is 1. The molecule has 0 bridgehead atoms. The quantitative estimate of drug-likeness (QED) is 0.789. The van der Waals surface area contributed by atoms with Gasteiger partial charge in [-0.15, -0.1) is 0 Å². The lowest BCUT2D eigenvalue weighted by Crippen LogP contribution is -2.35. The molecule has 112 valence electrons. The molecule has 0 aliphatic heterocycles. The number of rotatable bonds is 4. The Hall–Kier alpha value is -2.27. The molecule has 0 aromatic heterocycles. The normalized spacial score (nSPS) is 25.0. The molecule has 1 aromatic carbocycles. The van der Waals surface area contributed by atoms with E-state index in [2.05, 4.69) is 0 Å². The van der Waals surface area contributed by atoms with E-state index in [-0.39, 0.29) is 12.2 Å². The lowest BCUT2D eigenvalue weighted by Gasteiger charge is -2.29. The van der Waals surface area contributed by atoms with Crippen molar-refractivity contribution in [2.24, 2.45) is 5.92 Å². The summed E-state index contributed by atoms with van der Waals surface area (Å²) in [6.45, 7) is 1.92. The van der Waals surface area contributed by atoms with Gasteiger partial charge in [0.2, 0.25) is 0 Å². The molecule has 5 nitrogen and oxygen atoms in total. The van der Waals surface area contributed by atoms with Crippen molar-refractivity contribution in [3.8, 4) is 0 Å². The Morgan fingerprint density at radius 3 is 2.57 bits per heavy atom. The maximum atomic E-state index is 11.2. The topological polar surface area (TPSA) is 87.0 Å². The Labute approximate surface area is 122 Å². The fraction of sp³-hybridized carbons (Fsp3) is 0.312. The van der Waals surface area contributed by atoms with Crippen molar-refractivity contribution >= 4 is 5.97 Å². The number of hydrogen-bond donors (Lipinski definition) is 3. The number of ether oxygens (including phenoxy) is 1. The summed E-state index contributed by atoms with van der Waals surface area (Å²) in [4.78, 5) is 11.2. The first-order chi connectivity index (χ1) is 9.86. The average Bonchev–Trinajstić information content (AvgIpc) is 2.39. The Kier molecular flexibility index (Phi) is 4.04. The Bertz CT molecular complexity index is 617. The van der Waals surface area contributed by atoms with Gasteiger partial charge in [-0.05, 0) is 30.2 Å². The van der Waals surface area contributed by atoms with Crippen LogP contribution in [0.2, 0.25) is 0 Å². The molecule has 0 amide bonds. The minimum Gasteiger partial charge on any atom is -0.511 e. The first-order valence-corrected chi connectivity index (χ1v) is 6.54. The lowest BCUT2D eigenvalue weighted by atomic mass is 9.84. The molecule has 0 heterocycles. The van der Waals surface area contributed by atoms with Crippen LogP contribution >= 0.6 is 0 Å². The maximum Gasteiger partial charge on any atom is 0.321 e. The fourth-order valence-corrected chi connectivity index (χ4v) is 2.50. The first-order valence-electron chi connectivity index (χ1n) is 6.54. The summed E-state index contributed by atoms with van der Waals surface area (Å²) in [5, 5.41) is 29.7. The van der Waals surface area contributed by atoms with Gasteiger partial charge in [-0.25, -0.2) is 0 Å². The molecule has 5 heteroatoms. The Morgan fingerprint density at radius 1 is 1.33 bits per heavy atom. The van der Waals surface area contributed by atoms with Crippen LogP contribution in [0, 0.1) is 12.8 Å². The van der Waals surface area contributed by atoms with Crippen molar-refractivity contribution < 1.29 is 24.9 Å². The molecule has 21 heavy (non-hydrogen) atoms. The van der Waals surface area contributed by atoms with E-state index in [1.54, 1.807) is 0 Å². The van der Waals surface area contributed by atoms with E-state index in [1.807, 2.05) is 31.2 Å². The highest BCUT2D eigenvalue weighted by Crippen LogP contribution is 2.32. The van der Waals surface area contributed by atoms with Gasteiger partial charge < -0.3 is 20.1 Å². The van der Waals surface area contributed by atoms with E-state index in [0.717, 1.165) is 11.1 Å². The average molecular weight is 290 g/mol.